The van der Waals surface area contributed by atoms with Crippen molar-refractivity contribution in [1.29, 1.82) is 0 Å². The summed E-state index contributed by atoms with van der Waals surface area (Å²) in [5.41, 5.74) is 1.18. The third-order valence-electron chi connectivity index (χ3n) is 2.73. The number of aliphatic hydroxyl groups excluding tert-OH is 1. The molecule has 21 heavy (non-hydrogen) atoms. The number of rotatable bonds is 6. The second kappa shape index (κ2) is 8.38. The van der Waals surface area contributed by atoms with Crippen LogP contribution < -0.4 is 10.6 Å². The lowest BCUT2D eigenvalue weighted by Gasteiger charge is -2.14. The number of hydrogen-bond acceptors (Lipinski definition) is 4. The van der Waals surface area contributed by atoms with E-state index in [0.29, 0.717) is 23.4 Å². The zero-order chi connectivity index (χ0) is 15.1. The molecule has 1 unspecified atom stereocenters. The van der Waals surface area contributed by atoms with Crippen LogP contribution in [0.4, 0.5) is 0 Å². The smallest absolute Gasteiger partial charge is 0.191 e. The highest BCUT2D eigenvalue weighted by Crippen LogP contribution is 2.26. The topological polar surface area (TPSA) is 56.7 Å². The van der Waals surface area contributed by atoms with E-state index in [4.69, 9.17) is 11.6 Å². The van der Waals surface area contributed by atoms with Crippen LogP contribution in [0.25, 0.3) is 0 Å². The molecule has 0 radical (unpaired) electrons. The second-order valence-corrected chi connectivity index (χ2v) is 6.89. The van der Waals surface area contributed by atoms with Gasteiger partial charge in [-0.3, -0.25) is 0 Å². The molecule has 0 fully saturated rings. The van der Waals surface area contributed by atoms with Gasteiger partial charge in [0.05, 0.1) is 10.9 Å². The van der Waals surface area contributed by atoms with E-state index in [-0.39, 0.29) is 0 Å². The second-order valence-electron chi connectivity index (χ2n) is 4.37. The van der Waals surface area contributed by atoms with Gasteiger partial charge in [-0.1, -0.05) is 11.6 Å². The Morgan fingerprint density at radius 1 is 1.38 bits per heavy atom. The Morgan fingerprint density at radius 3 is 2.86 bits per heavy atom. The Bertz CT molecular complexity index is 569. The Labute approximate surface area is 137 Å². The zero-order valence-corrected chi connectivity index (χ0v) is 14.1. The molecule has 0 spiro atoms. The summed E-state index contributed by atoms with van der Waals surface area (Å²) >= 11 is 8.93. The number of halogens is 1. The average Bonchev–Trinajstić information content (AvgIpc) is 3.13. The lowest BCUT2D eigenvalue weighted by molar-refractivity contribution is 0.184. The molecule has 2 rings (SSSR count). The van der Waals surface area contributed by atoms with E-state index in [2.05, 4.69) is 27.1 Å². The van der Waals surface area contributed by atoms with E-state index in [1.165, 1.54) is 16.9 Å². The number of nitrogens with one attached hydrogen (secondary N) is 2. The van der Waals surface area contributed by atoms with E-state index >= 15 is 0 Å². The fraction of sp³-hybridized carbons (Fsp3) is 0.357. The van der Waals surface area contributed by atoms with E-state index in [0.717, 1.165) is 11.4 Å². The summed E-state index contributed by atoms with van der Waals surface area (Å²) in [6.45, 7) is 3.81. The van der Waals surface area contributed by atoms with Gasteiger partial charge in [-0.2, -0.15) is 11.3 Å². The molecular formula is C14H18ClN3OS2. The Morgan fingerprint density at radius 2 is 2.24 bits per heavy atom. The molecule has 0 amide bonds. The van der Waals surface area contributed by atoms with Crippen molar-refractivity contribution in [3.05, 3.63) is 43.7 Å². The highest BCUT2D eigenvalue weighted by atomic mass is 35.5. The molecule has 2 aromatic heterocycles. The van der Waals surface area contributed by atoms with Crippen LogP contribution in [0, 0.1) is 0 Å². The Kier molecular flexibility index (Phi) is 6.50. The van der Waals surface area contributed by atoms with Crippen LogP contribution in [0.2, 0.25) is 4.34 Å². The first-order valence-electron chi connectivity index (χ1n) is 6.65. The van der Waals surface area contributed by atoms with Gasteiger partial charge < -0.3 is 15.7 Å². The molecule has 0 aliphatic carbocycles. The predicted octanol–water partition coefficient (Wildman–Crippen LogP) is 3.25. The fourth-order valence-corrected chi connectivity index (χ4v) is 3.40. The molecule has 0 aliphatic rings. The Hall–Kier alpha value is -1.08. The van der Waals surface area contributed by atoms with Crippen LogP contribution in [0.5, 0.6) is 0 Å². The molecule has 0 aromatic carbocycles. The van der Waals surface area contributed by atoms with Crippen molar-refractivity contribution in [2.75, 3.05) is 13.1 Å². The van der Waals surface area contributed by atoms with E-state index in [1.807, 2.05) is 18.4 Å². The van der Waals surface area contributed by atoms with Crippen LogP contribution in [-0.4, -0.2) is 24.2 Å². The maximum absolute atomic E-state index is 10.1. The highest BCUT2D eigenvalue weighted by molar-refractivity contribution is 7.16. The third-order valence-corrected chi connectivity index (χ3v) is 4.79. The van der Waals surface area contributed by atoms with Crippen molar-refractivity contribution in [3.63, 3.8) is 0 Å². The minimum atomic E-state index is -0.590. The molecule has 0 aliphatic heterocycles. The van der Waals surface area contributed by atoms with Crippen molar-refractivity contribution >= 4 is 40.2 Å². The molecule has 2 aromatic rings. The van der Waals surface area contributed by atoms with Crippen LogP contribution >= 0.6 is 34.3 Å². The van der Waals surface area contributed by atoms with Gasteiger partial charge in [0.15, 0.2) is 5.96 Å². The average molecular weight is 344 g/mol. The van der Waals surface area contributed by atoms with Crippen molar-refractivity contribution in [2.45, 2.75) is 19.6 Å². The van der Waals surface area contributed by atoms with Gasteiger partial charge in [0.1, 0.15) is 6.10 Å². The van der Waals surface area contributed by atoms with Gasteiger partial charge in [-0.25, -0.2) is 4.99 Å². The number of aliphatic imine (C=N–C) groups is 1. The minimum Gasteiger partial charge on any atom is -0.386 e. The maximum atomic E-state index is 10.1. The normalized spacial score (nSPS) is 13.2. The highest BCUT2D eigenvalue weighted by Gasteiger charge is 2.10. The van der Waals surface area contributed by atoms with Gasteiger partial charge in [-0.05, 0) is 41.4 Å². The van der Waals surface area contributed by atoms with Gasteiger partial charge in [-0.15, -0.1) is 11.3 Å². The van der Waals surface area contributed by atoms with Gasteiger partial charge in [0.2, 0.25) is 0 Å². The standard InChI is InChI=1S/C14H18ClN3OS2/c1-2-16-14(17-7-10-5-6-20-9-10)18-8-11(19)12-3-4-13(15)21-12/h3-6,9,11,19H,2,7-8H2,1H3,(H2,16,17,18). The van der Waals surface area contributed by atoms with Gasteiger partial charge in [0, 0.05) is 18.0 Å². The first-order valence-corrected chi connectivity index (χ1v) is 8.79. The van der Waals surface area contributed by atoms with Crippen molar-refractivity contribution < 1.29 is 5.11 Å². The van der Waals surface area contributed by atoms with Crippen molar-refractivity contribution in [1.82, 2.24) is 10.6 Å². The van der Waals surface area contributed by atoms with Crippen molar-refractivity contribution in [3.8, 4) is 0 Å². The summed E-state index contributed by atoms with van der Waals surface area (Å²) in [7, 11) is 0. The van der Waals surface area contributed by atoms with Crippen molar-refractivity contribution in [2.24, 2.45) is 4.99 Å². The van der Waals surface area contributed by atoms with Gasteiger partial charge in [0.25, 0.3) is 0 Å². The summed E-state index contributed by atoms with van der Waals surface area (Å²) in [5, 5.41) is 20.5. The predicted molar refractivity (Wildman–Crippen MR) is 91.4 cm³/mol. The number of nitrogens with zero attached hydrogens (tertiary/aromatic N) is 1. The SMILES string of the molecule is CCNC(=NCc1ccsc1)NCC(O)c1ccc(Cl)s1. The quantitative estimate of drug-likeness (QED) is 0.557. The van der Waals surface area contributed by atoms with E-state index in [9.17, 15) is 5.11 Å². The molecule has 2 heterocycles. The number of guanidine groups is 1. The summed E-state index contributed by atoms with van der Waals surface area (Å²) in [4.78, 5) is 5.34. The van der Waals surface area contributed by atoms with Crippen LogP contribution in [0.1, 0.15) is 23.5 Å². The molecule has 0 saturated carbocycles. The summed E-state index contributed by atoms with van der Waals surface area (Å²) in [6, 6.07) is 5.69. The summed E-state index contributed by atoms with van der Waals surface area (Å²) in [6.07, 6.45) is -0.590. The molecule has 4 nitrogen and oxygen atoms in total. The van der Waals surface area contributed by atoms with Crippen LogP contribution in [0.3, 0.4) is 0 Å². The number of hydrogen-bond donors (Lipinski definition) is 3. The lowest BCUT2D eigenvalue weighted by atomic mass is 10.3. The monoisotopic (exact) mass is 343 g/mol. The first-order chi connectivity index (χ1) is 10.2. The molecule has 7 heteroatoms. The van der Waals surface area contributed by atoms with E-state index < -0.39 is 6.10 Å². The van der Waals surface area contributed by atoms with Crippen LogP contribution in [-0.2, 0) is 6.54 Å². The first kappa shape index (κ1) is 16.3. The summed E-state index contributed by atoms with van der Waals surface area (Å²) in [5.74, 6) is 0.699. The fourth-order valence-electron chi connectivity index (χ4n) is 1.70. The van der Waals surface area contributed by atoms with Crippen LogP contribution in [0.15, 0.2) is 34.0 Å². The number of thiophene rings is 2. The Balaban J connectivity index is 1.88. The number of aliphatic hydroxyl groups is 1. The van der Waals surface area contributed by atoms with Gasteiger partial charge >= 0.3 is 0 Å². The molecule has 3 N–H and O–H groups in total. The lowest BCUT2D eigenvalue weighted by Crippen LogP contribution is -2.39. The third kappa shape index (κ3) is 5.32. The molecule has 1 atom stereocenters. The molecule has 114 valence electrons. The molecular weight excluding hydrogens is 326 g/mol. The zero-order valence-electron chi connectivity index (χ0n) is 11.7. The summed E-state index contributed by atoms with van der Waals surface area (Å²) < 4.78 is 0.682. The largest absolute Gasteiger partial charge is 0.386 e. The molecule has 0 saturated heterocycles. The molecule has 0 bridgehead atoms. The van der Waals surface area contributed by atoms with E-state index in [1.54, 1.807) is 17.4 Å². The maximum Gasteiger partial charge on any atom is 0.191 e. The minimum absolute atomic E-state index is 0.395.